The van der Waals surface area contributed by atoms with Crippen LogP contribution >= 0.6 is 0 Å². The third-order valence-corrected chi connectivity index (χ3v) is 3.01. The molecule has 84 valence electrons. The van der Waals surface area contributed by atoms with Gasteiger partial charge in [0.2, 0.25) is 0 Å². The van der Waals surface area contributed by atoms with Gasteiger partial charge in [-0.05, 0) is 37.6 Å². The van der Waals surface area contributed by atoms with Gasteiger partial charge in [0.15, 0.2) is 0 Å². The van der Waals surface area contributed by atoms with Gasteiger partial charge in [-0.25, -0.2) is 0 Å². The number of hydrogen-bond donors (Lipinski definition) is 1. The van der Waals surface area contributed by atoms with Crippen LogP contribution in [0.15, 0.2) is 0 Å². The van der Waals surface area contributed by atoms with Crippen LogP contribution in [0.1, 0.15) is 40.0 Å². The summed E-state index contributed by atoms with van der Waals surface area (Å²) in [5, 5.41) is 0. The van der Waals surface area contributed by atoms with E-state index in [0.29, 0.717) is 6.04 Å². The molecule has 1 heterocycles. The monoisotopic (exact) mass is 198 g/mol. The van der Waals surface area contributed by atoms with Crippen LogP contribution < -0.4 is 5.73 Å². The largest absolute Gasteiger partial charge is 0.327 e. The number of nitrogens with zero attached hydrogens (tertiary/aromatic N) is 1. The van der Waals surface area contributed by atoms with Gasteiger partial charge in [0.1, 0.15) is 0 Å². The van der Waals surface area contributed by atoms with Crippen LogP contribution in [0.3, 0.4) is 0 Å². The first-order chi connectivity index (χ1) is 6.58. The SMILES string of the molecule is CC(C)CC(N)CN1CCCC(C)C1. The Morgan fingerprint density at radius 2 is 2.14 bits per heavy atom. The molecular weight excluding hydrogens is 172 g/mol. The summed E-state index contributed by atoms with van der Waals surface area (Å²) in [6, 6.07) is 0.375. The highest BCUT2D eigenvalue weighted by atomic mass is 15.1. The smallest absolute Gasteiger partial charge is 0.0170 e. The van der Waals surface area contributed by atoms with E-state index in [1.165, 1.54) is 25.9 Å². The van der Waals surface area contributed by atoms with Crippen molar-refractivity contribution in [2.24, 2.45) is 17.6 Å². The molecule has 0 saturated carbocycles. The first-order valence-electron chi connectivity index (χ1n) is 6.06. The third-order valence-electron chi connectivity index (χ3n) is 3.01. The quantitative estimate of drug-likeness (QED) is 0.749. The molecule has 2 N–H and O–H groups in total. The van der Waals surface area contributed by atoms with Crippen LogP contribution in [-0.2, 0) is 0 Å². The third kappa shape index (κ3) is 4.43. The number of nitrogens with two attached hydrogens (primary N) is 1. The topological polar surface area (TPSA) is 29.3 Å². The Bertz CT molecular complexity index is 156. The standard InChI is InChI=1S/C12H26N2/c1-10(2)7-12(13)9-14-6-4-5-11(3)8-14/h10-12H,4-9,13H2,1-3H3. The fraction of sp³-hybridized carbons (Fsp3) is 1.00. The lowest BCUT2D eigenvalue weighted by molar-refractivity contribution is 0.170. The maximum absolute atomic E-state index is 6.11. The van der Waals surface area contributed by atoms with Crippen molar-refractivity contribution in [3.63, 3.8) is 0 Å². The minimum absolute atomic E-state index is 0.375. The van der Waals surface area contributed by atoms with E-state index in [2.05, 4.69) is 25.7 Å². The summed E-state index contributed by atoms with van der Waals surface area (Å²) in [5.41, 5.74) is 6.11. The van der Waals surface area contributed by atoms with Crippen LogP contribution in [0.25, 0.3) is 0 Å². The second-order valence-corrected chi connectivity index (χ2v) is 5.40. The Balaban J connectivity index is 2.21. The highest BCUT2D eigenvalue weighted by Crippen LogP contribution is 2.16. The summed E-state index contributed by atoms with van der Waals surface area (Å²) in [6.07, 6.45) is 3.91. The van der Waals surface area contributed by atoms with Gasteiger partial charge < -0.3 is 10.6 Å². The molecule has 2 unspecified atom stereocenters. The molecule has 0 spiro atoms. The Labute approximate surface area is 88.8 Å². The predicted molar refractivity (Wildman–Crippen MR) is 62.3 cm³/mol. The molecule has 1 rings (SSSR count). The van der Waals surface area contributed by atoms with E-state index >= 15 is 0 Å². The highest BCUT2D eigenvalue weighted by molar-refractivity contribution is 4.75. The van der Waals surface area contributed by atoms with Crippen molar-refractivity contribution in [1.82, 2.24) is 4.90 Å². The lowest BCUT2D eigenvalue weighted by Gasteiger charge is -2.33. The van der Waals surface area contributed by atoms with Gasteiger partial charge in [-0.15, -0.1) is 0 Å². The summed E-state index contributed by atoms with van der Waals surface area (Å²) in [4.78, 5) is 2.54. The van der Waals surface area contributed by atoms with Gasteiger partial charge >= 0.3 is 0 Å². The summed E-state index contributed by atoms with van der Waals surface area (Å²) in [6.45, 7) is 10.5. The fourth-order valence-corrected chi connectivity index (χ4v) is 2.46. The average molecular weight is 198 g/mol. The van der Waals surface area contributed by atoms with Crippen LogP contribution in [-0.4, -0.2) is 30.6 Å². The zero-order valence-electron chi connectivity index (χ0n) is 10.00. The first kappa shape index (κ1) is 12.0. The zero-order valence-corrected chi connectivity index (χ0v) is 10.00. The molecule has 0 aromatic heterocycles. The summed E-state index contributed by atoms with van der Waals surface area (Å²) < 4.78 is 0. The normalized spacial score (nSPS) is 26.8. The minimum atomic E-state index is 0.375. The van der Waals surface area contributed by atoms with E-state index in [4.69, 9.17) is 5.73 Å². The Kier molecular flexibility index (Phi) is 4.90. The molecule has 0 bridgehead atoms. The maximum atomic E-state index is 6.11. The Morgan fingerprint density at radius 1 is 1.43 bits per heavy atom. The van der Waals surface area contributed by atoms with Gasteiger partial charge in [-0.3, -0.25) is 0 Å². The van der Waals surface area contributed by atoms with Gasteiger partial charge in [0, 0.05) is 19.1 Å². The van der Waals surface area contributed by atoms with E-state index in [9.17, 15) is 0 Å². The Morgan fingerprint density at radius 3 is 2.71 bits per heavy atom. The highest BCUT2D eigenvalue weighted by Gasteiger charge is 2.18. The number of likely N-dealkylation sites (tertiary alicyclic amines) is 1. The van der Waals surface area contributed by atoms with Crippen molar-refractivity contribution in [2.75, 3.05) is 19.6 Å². The molecule has 2 atom stereocenters. The fourth-order valence-electron chi connectivity index (χ4n) is 2.46. The molecular formula is C12H26N2. The molecule has 2 nitrogen and oxygen atoms in total. The van der Waals surface area contributed by atoms with E-state index in [1.54, 1.807) is 0 Å². The van der Waals surface area contributed by atoms with Crippen molar-refractivity contribution in [1.29, 1.82) is 0 Å². The molecule has 14 heavy (non-hydrogen) atoms. The van der Waals surface area contributed by atoms with Crippen LogP contribution in [0.2, 0.25) is 0 Å². The van der Waals surface area contributed by atoms with Crippen molar-refractivity contribution < 1.29 is 0 Å². The van der Waals surface area contributed by atoms with Crippen LogP contribution in [0.4, 0.5) is 0 Å². The second kappa shape index (κ2) is 5.72. The summed E-state index contributed by atoms with van der Waals surface area (Å²) in [5.74, 6) is 1.60. The summed E-state index contributed by atoms with van der Waals surface area (Å²) >= 11 is 0. The average Bonchev–Trinajstić information content (AvgIpc) is 2.01. The van der Waals surface area contributed by atoms with E-state index in [1.807, 2.05) is 0 Å². The maximum Gasteiger partial charge on any atom is 0.0170 e. The second-order valence-electron chi connectivity index (χ2n) is 5.40. The van der Waals surface area contributed by atoms with Crippen molar-refractivity contribution in [3.05, 3.63) is 0 Å². The van der Waals surface area contributed by atoms with Gasteiger partial charge in [0.05, 0.1) is 0 Å². The van der Waals surface area contributed by atoms with E-state index in [0.717, 1.165) is 24.8 Å². The van der Waals surface area contributed by atoms with Gasteiger partial charge in [0.25, 0.3) is 0 Å². The van der Waals surface area contributed by atoms with Crippen LogP contribution in [0.5, 0.6) is 0 Å². The van der Waals surface area contributed by atoms with E-state index < -0.39 is 0 Å². The van der Waals surface area contributed by atoms with Gasteiger partial charge in [-0.2, -0.15) is 0 Å². The molecule has 0 aliphatic carbocycles. The Hall–Kier alpha value is -0.0800. The predicted octanol–water partition coefficient (Wildman–Crippen LogP) is 2.09. The first-order valence-corrected chi connectivity index (χ1v) is 6.06. The molecule has 1 fully saturated rings. The molecule has 0 aromatic rings. The molecule has 1 saturated heterocycles. The van der Waals surface area contributed by atoms with E-state index in [-0.39, 0.29) is 0 Å². The van der Waals surface area contributed by atoms with Crippen molar-refractivity contribution in [2.45, 2.75) is 46.1 Å². The van der Waals surface area contributed by atoms with Crippen molar-refractivity contribution >= 4 is 0 Å². The molecule has 0 amide bonds. The lowest BCUT2D eigenvalue weighted by atomic mass is 9.98. The summed E-state index contributed by atoms with van der Waals surface area (Å²) in [7, 11) is 0. The van der Waals surface area contributed by atoms with Crippen molar-refractivity contribution in [3.8, 4) is 0 Å². The molecule has 0 radical (unpaired) electrons. The molecule has 1 aliphatic heterocycles. The number of hydrogen-bond acceptors (Lipinski definition) is 2. The minimum Gasteiger partial charge on any atom is -0.327 e. The van der Waals surface area contributed by atoms with Gasteiger partial charge in [-0.1, -0.05) is 20.8 Å². The van der Waals surface area contributed by atoms with Crippen LogP contribution in [0, 0.1) is 11.8 Å². The molecule has 0 aromatic carbocycles. The lowest BCUT2D eigenvalue weighted by Crippen LogP contribution is -2.42. The number of piperidine rings is 1. The molecule has 2 heteroatoms. The zero-order chi connectivity index (χ0) is 10.6. The molecule has 1 aliphatic rings. The number of rotatable bonds is 4.